The molecule has 2 aliphatic rings. The van der Waals surface area contributed by atoms with E-state index in [1.165, 1.54) is 52.0 Å². The number of β-lactam (4-membered cyclic amide) rings is 1. The molecule has 210 valence electrons. The molecule has 1 fully saturated rings. The van der Waals surface area contributed by atoms with E-state index < -0.39 is 29.2 Å². The van der Waals surface area contributed by atoms with Crippen LogP contribution in [0, 0.1) is 0 Å². The third kappa shape index (κ3) is 6.36. The molecule has 2 aliphatic heterocycles. The summed E-state index contributed by atoms with van der Waals surface area (Å²) in [6.45, 7) is 0.0448. The molecule has 5 rings (SSSR count). The minimum Gasteiger partial charge on any atom is -0.477 e. The summed E-state index contributed by atoms with van der Waals surface area (Å²) in [7, 11) is 0. The van der Waals surface area contributed by atoms with Crippen molar-refractivity contribution in [1.82, 2.24) is 30.4 Å². The number of benzene rings is 1. The second-order valence-corrected chi connectivity index (χ2v) is 11.5. The second kappa shape index (κ2) is 12.9. The molecule has 14 nitrogen and oxygen atoms in total. The Morgan fingerprint density at radius 3 is 2.83 bits per heavy atom. The van der Waals surface area contributed by atoms with Gasteiger partial charge in [0.25, 0.3) is 11.8 Å². The lowest BCUT2D eigenvalue weighted by Gasteiger charge is -2.49. The molecule has 1 aromatic carbocycles. The summed E-state index contributed by atoms with van der Waals surface area (Å²) in [4.78, 5) is 64.3. The number of nitrogens with one attached hydrogen (secondary N) is 2. The lowest BCUT2D eigenvalue weighted by atomic mass is 10.0. The SMILES string of the molecule is O=CNc1ccnc(/C(=N\OCc2ccccc2)C(=O)NC2C(=O)N3C(C(=O)O)=C(CSc4nncs4)CS[C@H]23)n1. The maximum absolute atomic E-state index is 13.4. The minimum atomic E-state index is -1.23. The highest BCUT2D eigenvalue weighted by Gasteiger charge is 2.54. The van der Waals surface area contributed by atoms with E-state index in [2.05, 4.69) is 36.0 Å². The number of carboxylic acid groups (broad SMARTS) is 1. The number of carbonyl (C=O) groups excluding carboxylic acids is 3. The molecule has 2 aromatic heterocycles. The Morgan fingerprint density at radius 2 is 2.10 bits per heavy atom. The zero-order valence-corrected chi connectivity index (χ0v) is 23.3. The summed E-state index contributed by atoms with van der Waals surface area (Å²) in [5, 5.41) is 25.9. The summed E-state index contributed by atoms with van der Waals surface area (Å²) in [6.07, 6.45) is 1.75. The topological polar surface area (TPSA) is 189 Å². The van der Waals surface area contributed by atoms with Crippen LogP contribution < -0.4 is 10.6 Å². The molecule has 17 heteroatoms. The molecule has 0 bridgehead atoms. The summed E-state index contributed by atoms with van der Waals surface area (Å²) in [5.74, 6) is -1.97. The van der Waals surface area contributed by atoms with Crippen LogP contribution in [0.15, 0.2) is 68.9 Å². The molecule has 3 aromatic rings. The third-order valence-corrected chi connectivity index (χ3v) is 9.05. The zero-order chi connectivity index (χ0) is 28.8. The largest absolute Gasteiger partial charge is 0.477 e. The Kier molecular flexibility index (Phi) is 8.85. The fraction of sp³-hybridized carbons (Fsp3) is 0.208. The second-order valence-electron chi connectivity index (χ2n) is 8.34. The lowest BCUT2D eigenvalue weighted by molar-refractivity contribution is -0.150. The molecule has 0 radical (unpaired) electrons. The van der Waals surface area contributed by atoms with Gasteiger partial charge < -0.3 is 20.6 Å². The number of fused-ring (bicyclic) bond motifs is 1. The highest BCUT2D eigenvalue weighted by atomic mass is 32.2. The number of aliphatic carboxylic acids is 1. The van der Waals surface area contributed by atoms with Gasteiger partial charge in [0, 0.05) is 17.7 Å². The van der Waals surface area contributed by atoms with E-state index in [-0.39, 0.29) is 29.7 Å². The summed E-state index contributed by atoms with van der Waals surface area (Å²) in [5.41, 5.74) is 2.52. The monoisotopic (exact) mass is 612 g/mol. The Balaban J connectivity index is 1.33. The smallest absolute Gasteiger partial charge is 0.352 e. The number of oxime groups is 1. The molecular formula is C24H20N8O6S3. The van der Waals surface area contributed by atoms with Crippen molar-refractivity contribution in [3.63, 3.8) is 0 Å². The molecule has 0 spiro atoms. The van der Waals surface area contributed by atoms with Crippen LogP contribution in [-0.4, -0.2) is 83.0 Å². The number of aromatic nitrogens is 4. The number of anilines is 1. The molecule has 3 amide bonds. The van der Waals surface area contributed by atoms with Crippen molar-refractivity contribution in [2.75, 3.05) is 16.8 Å². The summed E-state index contributed by atoms with van der Waals surface area (Å²) in [6, 6.07) is 9.53. The summed E-state index contributed by atoms with van der Waals surface area (Å²) >= 11 is 4.01. The van der Waals surface area contributed by atoms with Crippen molar-refractivity contribution in [3.05, 3.63) is 70.8 Å². The fourth-order valence-corrected chi connectivity index (χ4v) is 6.89. The van der Waals surface area contributed by atoms with E-state index in [4.69, 9.17) is 4.84 Å². The lowest BCUT2D eigenvalue weighted by Crippen LogP contribution is -2.71. The highest BCUT2D eigenvalue weighted by molar-refractivity contribution is 8.01. The number of rotatable bonds is 12. The van der Waals surface area contributed by atoms with Crippen LogP contribution in [0.2, 0.25) is 0 Å². The van der Waals surface area contributed by atoms with Gasteiger partial charge >= 0.3 is 5.97 Å². The number of nitrogens with zero attached hydrogens (tertiary/aromatic N) is 6. The fourth-order valence-electron chi connectivity index (χ4n) is 3.92. The van der Waals surface area contributed by atoms with E-state index in [1.807, 2.05) is 30.3 Å². The predicted octanol–water partition coefficient (Wildman–Crippen LogP) is 1.35. The highest BCUT2D eigenvalue weighted by Crippen LogP contribution is 2.41. The van der Waals surface area contributed by atoms with Crippen molar-refractivity contribution in [2.24, 2.45) is 5.16 Å². The molecule has 4 heterocycles. The quantitative estimate of drug-likeness (QED) is 0.0877. The van der Waals surface area contributed by atoms with E-state index in [9.17, 15) is 24.3 Å². The van der Waals surface area contributed by atoms with Crippen LogP contribution in [0.4, 0.5) is 5.82 Å². The maximum Gasteiger partial charge on any atom is 0.352 e. The van der Waals surface area contributed by atoms with Gasteiger partial charge in [-0.1, -0.05) is 58.6 Å². The van der Waals surface area contributed by atoms with Crippen LogP contribution >= 0.6 is 34.9 Å². The first-order valence-corrected chi connectivity index (χ1v) is 14.7. The van der Waals surface area contributed by atoms with Gasteiger partial charge in [0.1, 0.15) is 35.0 Å². The van der Waals surface area contributed by atoms with Crippen LogP contribution in [0.1, 0.15) is 11.4 Å². The average molecular weight is 613 g/mol. The number of amides is 3. The Hall–Kier alpha value is -4.35. The zero-order valence-electron chi connectivity index (χ0n) is 20.9. The van der Waals surface area contributed by atoms with Gasteiger partial charge in [0.2, 0.25) is 12.1 Å². The normalized spacial score (nSPS) is 18.3. The molecule has 2 atom stereocenters. The van der Waals surface area contributed by atoms with Crippen molar-refractivity contribution < 1.29 is 29.1 Å². The first-order valence-electron chi connectivity index (χ1n) is 11.8. The van der Waals surface area contributed by atoms with Gasteiger partial charge in [-0.2, -0.15) is 0 Å². The van der Waals surface area contributed by atoms with Gasteiger partial charge in [0.15, 0.2) is 10.2 Å². The van der Waals surface area contributed by atoms with Crippen LogP contribution in [0.3, 0.4) is 0 Å². The first-order chi connectivity index (χ1) is 20.0. The van der Waals surface area contributed by atoms with Gasteiger partial charge in [-0.15, -0.1) is 22.0 Å². The predicted molar refractivity (Wildman–Crippen MR) is 150 cm³/mol. The number of thioether (sulfide) groups is 2. The molecule has 3 N–H and O–H groups in total. The molecular weight excluding hydrogens is 593 g/mol. The van der Waals surface area contributed by atoms with E-state index in [0.717, 1.165) is 5.56 Å². The third-order valence-electron chi connectivity index (χ3n) is 5.77. The van der Waals surface area contributed by atoms with Crippen LogP contribution in [-0.2, 0) is 30.6 Å². The minimum absolute atomic E-state index is 0.0448. The van der Waals surface area contributed by atoms with Crippen LogP contribution in [0.5, 0.6) is 0 Å². The van der Waals surface area contributed by atoms with Crippen molar-refractivity contribution >= 4 is 70.6 Å². The number of carboxylic acids is 1. The maximum atomic E-state index is 13.4. The molecule has 41 heavy (non-hydrogen) atoms. The number of hydrogen-bond acceptors (Lipinski definition) is 13. The van der Waals surface area contributed by atoms with E-state index >= 15 is 0 Å². The Morgan fingerprint density at radius 1 is 1.27 bits per heavy atom. The number of hydrogen-bond donors (Lipinski definition) is 3. The van der Waals surface area contributed by atoms with Gasteiger partial charge in [-0.3, -0.25) is 19.3 Å². The van der Waals surface area contributed by atoms with Gasteiger partial charge in [-0.25, -0.2) is 14.8 Å². The first kappa shape index (κ1) is 28.2. The van der Waals surface area contributed by atoms with E-state index in [1.54, 1.807) is 5.51 Å². The molecule has 0 aliphatic carbocycles. The Labute approximate surface area is 244 Å². The molecule has 1 unspecified atom stereocenters. The summed E-state index contributed by atoms with van der Waals surface area (Å²) < 4.78 is 0.686. The van der Waals surface area contributed by atoms with Gasteiger partial charge in [0.05, 0.1) is 0 Å². The molecule has 1 saturated heterocycles. The molecule has 0 saturated carbocycles. The van der Waals surface area contributed by atoms with E-state index in [0.29, 0.717) is 27.8 Å². The standard InChI is InChI=1S/C24H20N8O6S3/c33-11-26-15-6-7-25-19(28-15)16(31-38-8-13-4-2-1-3-5-13)20(34)29-17-21(35)32-18(23(36)37)14(9-39-22(17)32)10-40-24-30-27-12-41-24/h1-7,11-12,17,22H,8-10H2,(H,29,34)(H,36,37)(H,25,26,28,33)/b31-16+/t17?,22-/m1/s1. The number of carbonyl (C=O) groups is 4. The van der Waals surface area contributed by atoms with Crippen molar-refractivity contribution in [3.8, 4) is 0 Å². The van der Waals surface area contributed by atoms with Crippen molar-refractivity contribution in [1.29, 1.82) is 0 Å². The van der Waals surface area contributed by atoms with Crippen molar-refractivity contribution in [2.45, 2.75) is 22.4 Å². The average Bonchev–Trinajstić information content (AvgIpc) is 3.51. The Bertz CT molecular complexity index is 1520. The van der Waals surface area contributed by atoms with Gasteiger partial charge in [-0.05, 0) is 17.2 Å². The van der Waals surface area contributed by atoms with Crippen LogP contribution in [0.25, 0.3) is 0 Å².